The highest BCUT2D eigenvalue weighted by atomic mass is 32.1. The van der Waals surface area contributed by atoms with Crippen LogP contribution < -0.4 is 0 Å². The molecule has 0 atom stereocenters. The number of hydrogen-bond acceptors (Lipinski definition) is 8. The second-order valence-corrected chi connectivity index (χ2v) is 6.57. The predicted molar refractivity (Wildman–Crippen MR) is 102 cm³/mol. The minimum absolute atomic E-state index is 0.0962. The van der Waals surface area contributed by atoms with Crippen LogP contribution in [0.5, 0.6) is 0 Å². The van der Waals surface area contributed by atoms with Gasteiger partial charge in [0.25, 0.3) is 5.89 Å². The smallest absolute Gasteiger partial charge is 0.331 e. The van der Waals surface area contributed by atoms with Crippen molar-refractivity contribution in [2.75, 3.05) is 0 Å². The van der Waals surface area contributed by atoms with Gasteiger partial charge >= 0.3 is 5.97 Å². The van der Waals surface area contributed by atoms with Gasteiger partial charge < -0.3 is 9.26 Å². The molecule has 0 unspecified atom stereocenters. The predicted octanol–water partition coefficient (Wildman–Crippen LogP) is 3.19. The Balaban J connectivity index is 1.28. The van der Waals surface area contributed by atoms with E-state index in [4.69, 9.17) is 9.26 Å². The van der Waals surface area contributed by atoms with E-state index in [9.17, 15) is 4.79 Å². The molecule has 0 saturated heterocycles. The highest BCUT2D eigenvalue weighted by Gasteiger charge is 2.10. The molecule has 0 amide bonds. The fraction of sp³-hybridized carbons (Fsp3) is 0.105. The van der Waals surface area contributed by atoms with Crippen molar-refractivity contribution >= 4 is 23.4 Å². The van der Waals surface area contributed by atoms with Crippen LogP contribution in [0.25, 0.3) is 17.5 Å². The lowest BCUT2D eigenvalue weighted by Crippen LogP contribution is -2.01. The zero-order chi connectivity index (χ0) is 19.2. The lowest BCUT2D eigenvalue weighted by Gasteiger charge is -1.98. The summed E-state index contributed by atoms with van der Waals surface area (Å²) in [5, 5.41) is 15.7. The van der Waals surface area contributed by atoms with Crippen LogP contribution in [0.15, 0.2) is 64.0 Å². The average Bonchev–Trinajstić information content (AvgIpc) is 3.47. The first-order chi connectivity index (χ1) is 13.8. The van der Waals surface area contributed by atoms with Crippen LogP contribution in [0.3, 0.4) is 0 Å². The molecule has 0 N–H and O–H groups in total. The van der Waals surface area contributed by atoms with Gasteiger partial charge in [-0.25, -0.2) is 9.48 Å². The molecule has 9 heteroatoms. The Labute approximate surface area is 164 Å². The minimum atomic E-state index is -0.534. The van der Waals surface area contributed by atoms with Crippen LogP contribution in [0.1, 0.15) is 17.1 Å². The quantitative estimate of drug-likeness (QED) is 0.351. The summed E-state index contributed by atoms with van der Waals surface area (Å²) in [7, 11) is 0. The zero-order valence-electron chi connectivity index (χ0n) is 14.6. The zero-order valence-corrected chi connectivity index (χ0v) is 15.5. The molecular weight excluding hydrogens is 378 g/mol. The first-order valence-electron chi connectivity index (χ1n) is 8.40. The molecule has 0 fully saturated rings. The lowest BCUT2D eigenvalue weighted by atomic mass is 10.2. The lowest BCUT2D eigenvalue weighted by molar-refractivity contribution is -0.139. The number of carbonyl (C=O) groups excluding carboxylic acids is 1. The van der Waals surface area contributed by atoms with Gasteiger partial charge in [-0.3, -0.25) is 0 Å². The Morgan fingerprint density at radius 3 is 2.96 bits per heavy atom. The number of ether oxygens (including phenoxy) is 1. The number of aromatic nitrogens is 5. The van der Waals surface area contributed by atoms with Gasteiger partial charge in [-0.1, -0.05) is 40.7 Å². The van der Waals surface area contributed by atoms with Crippen molar-refractivity contribution < 1.29 is 14.1 Å². The summed E-state index contributed by atoms with van der Waals surface area (Å²) in [5.74, 6) is 0.169. The molecule has 8 nitrogen and oxygen atoms in total. The molecule has 3 heterocycles. The van der Waals surface area contributed by atoms with Crippen LogP contribution in [0, 0.1) is 0 Å². The third kappa shape index (κ3) is 4.57. The molecule has 0 aliphatic carbocycles. The van der Waals surface area contributed by atoms with Crippen LogP contribution in [-0.4, -0.2) is 31.1 Å². The topological polar surface area (TPSA) is 95.9 Å². The molecule has 0 saturated carbocycles. The summed E-state index contributed by atoms with van der Waals surface area (Å²) in [6, 6.07) is 11.8. The average molecular weight is 393 g/mol. The number of benzene rings is 1. The molecule has 140 valence electrons. The molecule has 0 aliphatic heterocycles. The van der Waals surface area contributed by atoms with Gasteiger partial charge in [0.2, 0.25) is 5.82 Å². The fourth-order valence-corrected chi connectivity index (χ4v) is 3.03. The van der Waals surface area contributed by atoms with Crippen LogP contribution in [0.4, 0.5) is 0 Å². The Kier molecular flexibility index (Phi) is 5.34. The fourth-order valence-electron chi connectivity index (χ4n) is 2.39. The third-order valence-electron chi connectivity index (χ3n) is 3.72. The Morgan fingerprint density at radius 2 is 2.14 bits per heavy atom. The third-order valence-corrected chi connectivity index (χ3v) is 4.40. The SMILES string of the molecule is O=C(/C=C/c1cn(Cc2ccccc2)nn1)OCc1nc(-c2ccsc2)no1. The van der Waals surface area contributed by atoms with Gasteiger partial charge in [0.15, 0.2) is 6.61 Å². The number of rotatable bonds is 7. The maximum atomic E-state index is 11.9. The van der Waals surface area contributed by atoms with Crippen molar-refractivity contribution in [3.63, 3.8) is 0 Å². The molecule has 3 aromatic heterocycles. The van der Waals surface area contributed by atoms with E-state index in [0.29, 0.717) is 18.1 Å². The van der Waals surface area contributed by atoms with Gasteiger partial charge in [0.05, 0.1) is 12.7 Å². The maximum Gasteiger partial charge on any atom is 0.331 e. The summed E-state index contributed by atoms with van der Waals surface area (Å²) in [6.07, 6.45) is 4.58. The van der Waals surface area contributed by atoms with Gasteiger partial charge in [-0.05, 0) is 23.1 Å². The van der Waals surface area contributed by atoms with E-state index >= 15 is 0 Å². The van der Waals surface area contributed by atoms with Crippen molar-refractivity contribution in [1.29, 1.82) is 0 Å². The summed E-state index contributed by atoms with van der Waals surface area (Å²) < 4.78 is 11.9. The summed E-state index contributed by atoms with van der Waals surface area (Å²) in [6.45, 7) is 0.511. The van der Waals surface area contributed by atoms with E-state index < -0.39 is 5.97 Å². The van der Waals surface area contributed by atoms with Crippen molar-refractivity contribution in [2.24, 2.45) is 0 Å². The van der Waals surface area contributed by atoms with Crippen molar-refractivity contribution in [3.05, 3.63) is 76.6 Å². The molecule has 0 radical (unpaired) electrons. The first-order valence-corrected chi connectivity index (χ1v) is 9.34. The van der Waals surface area contributed by atoms with E-state index in [2.05, 4.69) is 20.5 Å². The molecule has 4 aromatic rings. The van der Waals surface area contributed by atoms with Crippen LogP contribution in [0.2, 0.25) is 0 Å². The highest BCUT2D eigenvalue weighted by Crippen LogP contribution is 2.18. The molecule has 28 heavy (non-hydrogen) atoms. The monoisotopic (exact) mass is 393 g/mol. The summed E-state index contributed by atoms with van der Waals surface area (Å²) in [5.41, 5.74) is 2.54. The number of nitrogens with zero attached hydrogens (tertiary/aromatic N) is 5. The number of hydrogen-bond donors (Lipinski definition) is 0. The Morgan fingerprint density at radius 1 is 1.25 bits per heavy atom. The standard InChI is InChI=1S/C19H15N5O3S/c25-18(26-12-17-20-19(22-27-17)15-8-9-28-13-15)7-6-16-11-24(23-21-16)10-14-4-2-1-3-5-14/h1-9,11,13H,10,12H2/b7-6+. The van der Waals surface area contributed by atoms with E-state index in [1.165, 1.54) is 17.4 Å². The maximum absolute atomic E-state index is 11.9. The van der Waals surface area contributed by atoms with Crippen LogP contribution >= 0.6 is 11.3 Å². The van der Waals surface area contributed by atoms with Gasteiger partial charge in [0.1, 0.15) is 5.69 Å². The van der Waals surface area contributed by atoms with Crippen molar-refractivity contribution in [1.82, 2.24) is 25.1 Å². The van der Waals surface area contributed by atoms with Crippen LogP contribution in [-0.2, 0) is 22.7 Å². The Hall–Kier alpha value is -3.59. The second kappa shape index (κ2) is 8.40. The molecule has 0 bridgehead atoms. The number of carbonyl (C=O) groups is 1. The summed E-state index contributed by atoms with van der Waals surface area (Å²) in [4.78, 5) is 16.1. The largest absolute Gasteiger partial charge is 0.452 e. The number of thiophene rings is 1. The first kappa shape index (κ1) is 17.8. The highest BCUT2D eigenvalue weighted by molar-refractivity contribution is 7.08. The summed E-state index contributed by atoms with van der Waals surface area (Å²) >= 11 is 1.54. The van der Waals surface area contributed by atoms with Crippen molar-refractivity contribution in [3.8, 4) is 11.4 Å². The van der Waals surface area contributed by atoms with Gasteiger partial charge in [0, 0.05) is 17.0 Å². The van der Waals surface area contributed by atoms with E-state index in [1.54, 1.807) is 17.0 Å². The van der Waals surface area contributed by atoms with E-state index in [0.717, 1.165) is 11.1 Å². The molecule has 4 rings (SSSR count). The molecule has 0 aliphatic rings. The molecular formula is C19H15N5O3S. The van der Waals surface area contributed by atoms with Gasteiger partial charge in [-0.2, -0.15) is 16.3 Å². The van der Waals surface area contributed by atoms with Gasteiger partial charge in [-0.15, -0.1) is 5.10 Å². The van der Waals surface area contributed by atoms with E-state index in [1.807, 2.05) is 47.2 Å². The van der Waals surface area contributed by atoms with E-state index in [-0.39, 0.29) is 12.5 Å². The molecule has 1 aromatic carbocycles. The Bertz CT molecular complexity index is 1070. The minimum Gasteiger partial charge on any atom is -0.452 e. The number of esters is 1. The van der Waals surface area contributed by atoms with Crippen molar-refractivity contribution in [2.45, 2.75) is 13.2 Å². The normalized spacial score (nSPS) is 11.1. The second-order valence-electron chi connectivity index (χ2n) is 5.79. The molecule has 0 spiro atoms.